The molecule has 2 rings (SSSR count). The lowest BCUT2D eigenvalue weighted by atomic mass is 10.0. The molecule has 5 nitrogen and oxygen atoms in total. The van der Waals surface area contributed by atoms with Crippen molar-refractivity contribution in [3.8, 4) is 0 Å². The Morgan fingerprint density at radius 3 is 2.78 bits per heavy atom. The van der Waals surface area contributed by atoms with E-state index in [1.165, 1.54) is 0 Å². The Morgan fingerprint density at radius 1 is 1.44 bits per heavy atom. The van der Waals surface area contributed by atoms with Crippen LogP contribution in [0.2, 0.25) is 0 Å². The minimum absolute atomic E-state index is 0.164. The van der Waals surface area contributed by atoms with Gasteiger partial charge < -0.3 is 0 Å². The molecule has 0 aromatic carbocycles. The van der Waals surface area contributed by atoms with Gasteiger partial charge in [0.15, 0.2) is 0 Å². The lowest BCUT2D eigenvalue weighted by Gasteiger charge is -2.19. The average molecular weight is 271 g/mol. The van der Waals surface area contributed by atoms with E-state index in [1.54, 1.807) is 11.2 Å². The number of aromatic nitrogens is 2. The predicted octanol–water partition coefficient (Wildman–Crippen LogP) is 1.63. The number of nitrogens with one attached hydrogen (secondary N) is 1. The van der Waals surface area contributed by atoms with E-state index in [1.807, 2.05) is 0 Å². The molecule has 0 aliphatic carbocycles. The van der Waals surface area contributed by atoms with Gasteiger partial charge in [0.2, 0.25) is 10.0 Å². The fourth-order valence-corrected chi connectivity index (χ4v) is 3.48. The molecule has 18 heavy (non-hydrogen) atoms. The van der Waals surface area contributed by atoms with Gasteiger partial charge in [-0.05, 0) is 25.7 Å². The highest BCUT2D eigenvalue weighted by Gasteiger charge is 2.27. The minimum atomic E-state index is -3.12. The number of H-pyrrole nitrogens is 1. The quantitative estimate of drug-likeness (QED) is 0.908. The van der Waals surface area contributed by atoms with Gasteiger partial charge in [0.25, 0.3) is 0 Å². The van der Waals surface area contributed by atoms with Crippen LogP contribution in [-0.4, -0.2) is 35.2 Å². The monoisotopic (exact) mass is 271 g/mol. The van der Waals surface area contributed by atoms with E-state index in [-0.39, 0.29) is 5.75 Å². The third-order valence-electron chi connectivity index (χ3n) is 3.46. The Balaban J connectivity index is 2.36. The summed E-state index contributed by atoms with van der Waals surface area (Å²) in [5, 5.41) is 7.40. The van der Waals surface area contributed by atoms with Crippen LogP contribution in [0, 0.1) is 0 Å². The first-order chi connectivity index (χ1) is 8.45. The highest BCUT2D eigenvalue weighted by atomic mass is 32.2. The first-order valence-electron chi connectivity index (χ1n) is 6.49. The molecule has 1 aromatic rings. The van der Waals surface area contributed by atoms with Crippen molar-refractivity contribution in [2.24, 2.45) is 0 Å². The Kier molecular flexibility index (Phi) is 3.77. The van der Waals surface area contributed by atoms with Crippen molar-refractivity contribution < 1.29 is 8.42 Å². The first-order valence-corrected chi connectivity index (χ1v) is 8.10. The summed E-state index contributed by atoms with van der Waals surface area (Å²) in [6.07, 6.45) is 1.73. The van der Waals surface area contributed by atoms with Gasteiger partial charge in [0, 0.05) is 24.3 Å². The molecule has 102 valence electrons. The molecule has 0 fully saturated rings. The molecule has 1 aliphatic rings. The van der Waals surface area contributed by atoms with Crippen molar-refractivity contribution in [2.45, 2.75) is 46.1 Å². The zero-order valence-electron chi connectivity index (χ0n) is 11.2. The lowest BCUT2D eigenvalue weighted by Crippen LogP contribution is -2.32. The number of rotatable bonds is 3. The van der Waals surface area contributed by atoms with Crippen LogP contribution in [0.15, 0.2) is 0 Å². The van der Waals surface area contributed by atoms with Crippen LogP contribution >= 0.6 is 0 Å². The molecule has 0 amide bonds. The summed E-state index contributed by atoms with van der Waals surface area (Å²) in [5.41, 5.74) is 3.19. The molecule has 6 heteroatoms. The summed E-state index contributed by atoms with van der Waals surface area (Å²) in [7, 11) is -3.12. The summed E-state index contributed by atoms with van der Waals surface area (Å²) in [6, 6.07) is 0. The number of sulfonamides is 1. The second kappa shape index (κ2) is 5.01. The van der Waals surface area contributed by atoms with Crippen molar-refractivity contribution in [1.82, 2.24) is 14.5 Å². The summed E-state index contributed by atoms with van der Waals surface area (Å²) < 4.78 is 25.6. The van der Waals surface area contributed by atoms with E-state index in [0.29, 0.717) is 19.0 Å². The largest absolute Gasteiger partial charge is 0.282 e. The SMILES string of the molecule is CCS(=O)(=O)N1CCCc2[nH]nc(C(C)C)c2C1. The molecule has 0 saturated heterocycles. The summed E-state index contributed by atoms with van der Waals surface area (Å²) in [4.78, 5) is 0. The predicted molar refractivity (Wildman–Crippen MR) is 70.9 cm³/mol. The molecule has 1 aromatic heterocycles. The number of hydrogen-bond acceptors (Lipinski definition) is 3. The first kappa shape index (κ1) is 13.5. The second-order valence-corrected chi connectivity index (χ2v) is 7.32. The fraction of sp³-hybridized carbons (Fsp3) is 0.750. The number of aromatic amines is 1. The van der Waals surface area contributed by atoms with Gasteiger partial charge in [-0.3, -0.25) is 5.10 Å². The molecule has 0 spiro atoms. The molecule has 0 unspecified atom stereocenters. The van der Waals surface area contributed by atoms with Crippen LogP contribution in [-0.2, 0) is 23.0 Å². The van der Waals surface area contributed by atoms with Crippen molar-refractivity contribution in [1.29, 1.82) is 0 Å². The van der Waals surface area contributed by atoms with Gasteiger partial charge in [0.05, 0.1) is 11.4 Å². The second-order valence-electron chi connectivity index (χ2n) is 5.06. The van der Waals surface area contributed by atoms with E-state index in [0.717, 1.165) is 29.8 Å². The molecule has 0 bridgehead atoms. The molecule has 1 aliphatic heterocycles. The molecule has 0 saturated carbocycles. The Morgan fingerprint density at radius 2 is 2.17 bits per heavy atom. The van der Waals surface area contributed by atoms with Gasteiger partial charge in [-0.15, -0.1) is 0 Å². The normalized spacial score (nSPS) is 17.8. The van der Waals surface area contributed by atoms with E-state index in [9.17, 15) is 8.42 Å². The molecular formula is C12H21N3O2S. The van der Waals surface area contributed by atoms with Gasteiger partial charge >= 0.3 is 0 Å². The van der Waals surface area contributed by atoms with Crippen molar-refractivity contribution in [2.75, 3.05) is 12.3 Å². The summed E-state index contributed by atoms with van der Waals surface area (Å²) >= 11 is 0. The van der Waals surface area contributed by atoms with Crippen molar-refractivity contribution in [3.63, 3.8) is 0 Å². The zero-order valence-corrected chi connectivity index (χ0v) is 12.0. The molecule has 2 heterocycles. The topological polar surface area (TPSA) is 66.1 Å². The molecular weight excluding hydrogens is 250 g/mol. The Bertz CT molecular complexity index is 519. The lowest BCUT2D eigenvalue weighted by molar-refractivity contribution is 0.409. The van der Waals surface area contributed by atoms with Gasteiger partial charge in [-0.25, -0.2) is 8.42 Å². The Hall–Kier alpha value is -0.880. The van der Waals surface area contributed by atoms with Crippen LogP contribution in [0.3, 0.4) is 0 Å². The van der Waals surface area contributed by atoms with E-state index in [4.69, 9.17) is 0 Å². The third-order valence-corrected chi connectivity index (χ3v) is 5.29. The van der Waals surface area contributed by atoms with Crippen LogP contribution in [0.25, 0.3) is 0 Å². The number of nitrogens with zero attached hydrogens (tertiary/aromatic N) is 2. The Labute approximate surface area is 109 Å². The van der Waals surface area contributed by atoms with E-state index in [2.05, 4.69) is 24.0 Å². The summed E-state index contributed by atoms with van der Waals surface area (Å²) in [5.74, 6) is 0.478. The van der Waals surface area contributed by atoms with Gasteiger partial charge in [-0.2, -0.15) is 9.40 Å². The highest BCUT2D eigenvalue weighted by molar-refractivity contribution is 7.89. The van der Waals surface area contributed by atoms with Gasteiger partial charge in [0.1, 0.15) is 0 Å². The standard InChI is InChI=1S/C12H21N3O2S/c1-4-18(16,17)15-7-5-6-11-10(8-15)12(9(2)3)14-13-11/h9H,4-8H2,1-3H3,(H,13,14). The molecule has 0 radical (unpaired) electrons. The number of hydrogen-bond donors (Lipinski definition) is 1. The minimum Gasteiger partial charge on any atom is -0.282 e. The maximum Gasteiger partial charge on any atom is 0.214 e. The summed E-state index contributed by atoms with van der Waals surface area (Å²) in [6.45, 7) is 6.94. The van der Waals surface area contributed by atoms with Crippen molar-refractivity contribution in [3.05, 3.63) is 17.0 Å². The number of aryl methyl sites for hydroxylation is 1. The van der Waals surface area contributed by atoms with E-state index >= 15 is 0 Å². The fourth-order valence-electron chi connectivity index (χ4n) is 2.39. The maximum atomic E-state index is 12.0. The van der Waals surface area contributed by atoms with Crippen LogP contribution in [0.5, 0.6) is 0 Å². The van der Waals surface area contributed by atoms with Crippen LogP contribution in [0.4, 0.5) is 0 Å². The third kappa shape index (κ3) is 2.44. The molecule has 1 N–H and O–H groups in total. The highest BCUT2D eigenvalue weighted by Crippen LogP contribution is 2.26. The van der Waals surface area contributed by atoms with Crippen molar-refractivity contribution >= 4 is 10.0 Å². The van der Waals surface area contributed by atoms with E-state index < -0.39 is 10.0 Å². The van der Waals surface area contributed by atoms with Crippen LogP contribution in [0.1, 0.15) is 50.1 Å². The smallest absolute Gasteiger partial charge is 0.214 e. The average Bonchev–Trinajstić information content (AvgIpc) is 2.59. The zero-order chi connectivity index (χ0) is 13.3. The van der Waals surface area contributed by atoms with Crippen LogP contribution < -0.4 is 0 Å². The maximum absolute atomic E-state index is 12.0. The van der Waals surface area contributed by atoms with Gasteiger partial charge in [-0.1, -0.05) is 13.8 Å². The number of fused-ring (bicyclic) bond motifs is 1. The molecule has 0 atom stereocenters.